The van der Waals surface area contributed by atoms with Crippen molar-refractivity contribution >= 4 is 11.7 Å². The molecule has 0 aliphatic rings. The predicted molar refractivity (Wildman–Crippen MR) is 109 cm³/mol. The smallest absolute Gasteiger partial charge is 0.342 e. The first kappa shape index (κ1) is 18.5. The van der Waals surface area contributed by atoms with Crippen LogP contribution in [0.5, 0.6) is 5.75 Å². The average Bonchev–Trinajstić information content (AvgIpc) is 2.68. The van der Waals surface area contributed by atoms with E-state index < -0.39 is 5.97 Å². The summed E-state index contributed by atoms with van der Waals surface area (Å²) >= 11 is 0. The van der Waals surface area contributed by atoms with E-state index in [2.05, 4.69) is 0 Å². The van der Waals surface area contributed by atoms with Crippen molar-refractivity contribution in [3.05, 3.63) is 72.3 Å². The number of nitrogens with zero attached hydrogens (tertiary/aromatic N) is 1. The fraction of sp³-hybridized carbons (Fsp3) is 0.174. The zero-order valence-electron chi connectivity index (χ0n) is 15.8. The van der Waals surface area contributed by atoms with E-state index in [0.717, 1.165) is 22.4 Å². The standard InChI is InChI=1S/C23H23NO3/c1-4-27-23(26)22-20(17-8-6-5-7-9-17)14-18(15-21(22)25)16-10-12-19(13-11-16)24(2)3/h5-15,25H,4H2,1-3H3. The lowest BCUT2D eigenvalue weighted by Crippen LogP contribution is -2.08. The highest BCUT2D eigenvalue weighted by Crippen LogP contribution is 2.36. The normalized spacial score (nSPS) is 10.5. The van der Waals surface area contributed by atoms with Crippen molar-refractivity contribution in [2.45, 2.75) is 6.92 Å². The molecule has 1 N–H and O–H groups in total. The lowest BCUT2D eigenvalue weighted by atomic mass is 9.93. The van der Waals surface area contributed by atoms with Gasteiger partial charge in [0.05, 0.1) is 6.61 Å². The molecule has 0 aromatic heterocycles. The second kappa shape index (κ2) is 7.96. The molecule has 0 radical (unpaired) electrons. The van der Waals surface area contributed by atoms with Crippen LogP contribution >= 0.6 is 0 Å². The molecule has 0 aliphatic heterocycles. The molecule has 3 rings (SSSR count). The lowest BCUT2D eigenvalue weighted by molar-refractivity contribution is 0.0524. The number of hydrogen-bond acceptors (Lipinski definition) is 4. The molecule has 3 aromatic carbocycles. The number of phenolic OH excluding ortho intramolecular Hbond substituents is 1. The summed E-state index contributed by atoms with van der Waals surface area (Å²) < 4.78 is 5.15. The number of ether oxygens (including phenoxy) is 1. The Kier molecular flexibility index (Phi) is 5.46. The van der Waals surface area contributed by atoms with E-state index in [1.54, 1.807) is 13.0 Å². The van der Waals surface area contributed by atoms with Crippen molar-refractivity contribution < 1.29 is 14.6 Å². The van der Waals surface area contributed by atoms with Gasteiger partial charge in [-0.05, 0) is 47.9 Å². The molecule has 27 heavy (non-hydrogen) atoms. The maximum atomic E-state index is 12.4. The number of benzene rings is 3. The zero-order chi connectivity index (χ0) is 19.4. The van der Waals surface area contributed by atoms with Crippen LogP contribution in [0.25, 0.3) is 22.3 Å². The molecular formula is C23H23NO3. The molecule has 0 saturated carbocycles. The summed E-state index contributed by atoms with van der Waals surface area (Å²) in [4.78, 5) is 14.5. The monoisotopic (exact) mass is 361 g/mol. The SMILES string of the molecule is CCOC(=O)c1c(O)cc(-c2ccc(N(C)C)cc2)cc1-c1ccccc1. The van der Waals surface area contributed by atoms with E-state index >= 15 is 0 Å². The molecule has 0 saturated heterocycles. The van der Waals surface area contributed by atoms with Gasteiger partial charge in [0.15, 0.2) is 0 Å². The van der Waals surface area contributed by atoms with Gasteiger partial charge in [-0.3, -0.25) is 0 Å². The van der Waals surface area contributed by atoms with Gasteiger partial charge in [-0.25, -0.2) is 4.79 Å². The molecule has 3 aromatic rings. The largest absolute Gasteiger partial charge is 0.507 e. The van der Waals surface area contributed by atoms with Gasteiger partial charge in [0.2, 0.25) is 0 Å². The van der Waals surface area contributed by atoms with Crippen LogP contribution in [0.2, 0.25) is 0 Å². The number of aromatic hydroxyl groups is 1. The first-order valence-electron chi connectivity index (χ1n) is 8.88. The van der Waals surface area contributed by atoms with Gasteiger partial charge in [-0.1, -0.05) is 42.5 Å². The molecule has 0 heterocycles. The van der Waals surface area contributed by atoms with Crippen LogP contribution in [0.4, 0.5) is 5.69 Å². The molecule has 0 bridgehead atoms. The summed E-state index contributed by atoms with van der Waals surface area (Å²) in [5, 5.41) is 10.6. The maximum Gasteiger partial charge on any atom is 0.342 e. The molecule has 0 aliphatic carbocycles. The van der Waals surface area contributed by atoms with Crippen LogP contribution in [-0.2, 0) is 4.74 Å². The number of esters is 1. The van der Waals surface area contributed by atoms with Gasteiger partial charge in [0.1, 0.15) is 11.3 Å². The number of carbonyl (C=O) groups is 1. The van der Waals surface area contributed by atoms with E-state index in [9.17, 15) is 9.90 Å². The van der Waals surface area contributed by atoms with Gasteiger partial charge in [0, 0.05) is 25.3 Å². The predicted octanol–water partition coefficient (Wildman–Crippen LogP) is 4.97. The van der Waals surface area contributed by atoms with E-state index in [0.29, 0.717) is 5.56 Å². The van der Waals surface area contributed by atoms with Crippen molar-refractivity contribution in [3.8, 4) is 28.0 Å². The number of phenols is 1. The summed E-state index contributed by atoms with van der Waals surface area (Å²) in [5.41, 5.74) is 4.59. The third kappa shape index (κ3) is 3.95. The summed E-state index contributed by atoms with van der Waals surface area (Å²) in [7, 11) is 3.98. The van der Waals surface area contributed by atoms with Crippen molar-refractivity contribution in [2.24, 2.45) is 0 Å². The van der Waals surface area contributed by atoms with Gasteiger partial charge >= 0.3 is 5.97 Å². The van der Waals surface area contributed by atoms with E-state index in [1.807, 2.05) is 79.7 Å². The maximum absolute atomic E-state index is 12.4. The summed E-state index contributed by atoms with van der Waals surface area (Å²) in [6, 6.07) is 21.1. The molecule has 4 nitrogen and oxygen atoms in total. The topological polar surface area (TPSA) is 49.8 Å². The minimum absolute atomic E-state index is 0.0820. The van der Waals surface area contributed by atoms with Gasteiger partial charge in [0.25, 0.3) is 0 Å². The molecule has 0 fully saturated rings. The van der Waals surface area contributed by atoms with Crippen LogP contribution in [0.15, 0.2) is 66.7 Å². The molecular weight excluding hydrogens is 338 g/mol. The zero-order valence-corrected chi connectivity index (χ0v) is 15.8. The summed E-state index contributed by atoms with van der Waals surface area (Å²) in [5.74, 6) is -0.607. The number of carbonyl (C=O) groups excluding carboxylic acids is 1. The molecule has 0 amide bonds. The average molecular weight is 361 g/mol. The van der Waals surface area contributed by atoms with E-state index in [-0.39, 0.29) is 17.9 Å². The minimum Gasteiger partial charge on any atom is -0.507 e. The Hall–Kier alpha value is -3.27. The first-order chi connectivity index (χ1) is 13.0. The minimum atomic E-state index is -0.525. The fourth-order valence-corrected chi connectivity index (χ4v) is 3.01. The molecule has 0 atom stereocenters. The third-order valence-electron chi connectivity index (χ3n) is 4.40. The van der Waals surface area contributed by atoms with Crippen LogP contribution in [-0.4, -0.2) is 31.8 Å². The van der Waals surface area contributed by atoms with Gasteiger partial charge in [-0.2, -0.15) is 0 Å². The lowest BCUT2D eigenvalue weighted by Gasteiger charge is -2.15. The van der Waals surface area contributed by atoms with Crippen molar-refractivity contribution in [1.82, 2.24) is 0 Å². The second-order valence-corrected chi connectivity index (χ2v) is 6.45. The highest BCUT2D eigenvalue weighted by Gasteiger charge is 2.20. The highest BCUT2D eigenvalue weighted by molar-refractivity contribution is 6.01. The Bertz CT molecular complexity index is 932. The third-order valence-corrected chi connectivity index (χ3v) is 4.40. The first-order valence-corrected chi connectivity index (χ1v) is 8.88. The van der Waals surface area contributed by atoms with Crippen LogP contribution in [0, 0.1) is 0 Å². The number of anilines is 1. The Morgan fingerprint density at radius 2 is 1.59 bits per heavy atom. The van der Waals surface area contributed by atoms with Crippen LogP contribution in [0.1, 0.15) is 17.3 Å². The Labute approximate surface area is 159 Å². The van der Waals surface area contributed by atoms with Crippen molar-refractivity contribution in [1.29, 1.82) is 0 Å². The Morgan fingerprint density at radius 1 is 0.926 bits per heavy atom. The van der Waals surface area contributed by atoms with Crippen LogP contribution < -0.4 is 4.90 Å². The van der Waals surface area contributed by atoms with Crippen LogP contribution in [0.3, 0.4) is 0 Å². The second-order valence-electron chi connectivity index (χ2n) is 6.45. The Balaban J connectivity index is 2.15. The number of hydrogen-bond donors (Lipinski definition) is 1. The molecule has 0 unspecified atom stereocenters. The van der Waals surface area contributed by atoms with E-state index in [4.69, 9.17) is 4.74 Å². The number of rotatable bonds is 5. The fourth-order valence-electron chi connectivity index (χ4n) is 3.01. The quantitative estimate of drug-likeness (QED) is 0.652. The Morgan fingerprint density at radius 3 is 2.19 bits per heavy atom. The van der Waals surface area contributed by atoms with Gasteiger partial charge in [-0.15, -0.1) is 0 Å². The van der Waals surface area contributed by atoms with Gasteiger partial charge < -0.3 is 14.7 Å². The summed E-state index contributed by atoms with van der Waals surface area (Å²) in [6.45, 7) is 2.00. The highest BCUT2D eigenvalue weighted by atomic mass is 16.5. The van der Waals surface area contributed by atoms with Crippen molar-refractivity contribution in [3.63, 3.8) is 0 Å². The molecule has 4 heteroatoms. The van der Waals surface area contributed by atoms with E-state index in [1.165, 1.54) is 0 Å². The summed E-state index contributed by atoms with van der Waals surface area (Å²) in [6.07, 6.45) is 0. The van der Waals surface area contributed by atoms with Crippen molar-refractivity contribution in [2.75, 3.05) is 25.6 Å². The molecule has 138 valence electrons. The molecule has 0 spiro atoms.